The third-order valence-electron chi connectivity index (χ3n) is 3.03. The molecule has 0 fully saturated rings. The summed E-state index contributed by atoms with van der Waals surface area (Å²) in [7, 11) is 1.56. The molecular formula is C15H21ClIN5O2. The summed E-state index contributed by atoms with van der Waals surface area (Å²) in [4.78, 5) is 8.50. The molecule has 132 valence electrons. The first kappa shape index (κ1) is 20.5. The molecule has 3 N–H and O–H groups in total. The summed E-state index contributed by atoms with van der Waals surface area (Å²) < 4.78 is 10.2. The lowest BCUT2D eigenvalue weighted by Gasteiger charge is -2.08. The van der Waals surface area contributed by atoms with Crippen LogP contribution in [0.15, 0.2) is 27.7 Å². The van der Waals surface area contributed by atoms with Gasteiger partial charge in [0.1, 0.15) is 5.75 Å². The van der Waals surface area contributed by atoms with Crippen LogP contribution in [0.3, 0.4) is 0 Å². The van der Waals surface area contributed by atoms with Crippen molar-refractivity contribution in [1.29, 1.82) is 0 Å². The summed E-state index contributed by atoms with van der Waals surface area (Å²) in [6, 6.07) is 5.28. The fourth-order valence-electron chi connectivity index (χ4n) is 1.81. The number of nitrogens with two attached hydrogens (primary N) is 1. The maximum Gasteiger partial charge on any atom is 0.228 e. The minimum absolute atomic E-state index is 0. The highest BCUT2D eigenvalue weighted by Crippen LogP contribution is 2.26. The van der Waals surface area contributed by atoms with E-state index in [2.05, 4.69) is 20.4 Å². The second-order valence-corrected chi connectivity index (χ2v) is 5.60. The molecule has 0 aliphatic carbocycles. The lowest BCUT2D eigenvalue weighted by molar-refractivity contribution is 0.372. The van der Waals surface area contributed by atoms with Gasteiger partial charge < -0.3 is 20.3 Å². The number of aliphatic imine (C=N–C) groups is 1. The van der Waals surface area contributed by atoms with E-state index in [0.717, 1.165) is 5.69 Å². The van der Waals surface area contributed by atoms with Gasteiger partial charge in [-0.25, -0.2) is 0 Å². The average Bonchev–Trinajstić information content (AvgIpc) is 2.96. The van der Waals surface area contributed by atoms with Crippen LogP contribution in [0.1, 0.15) is 31.5 Å². The van der Waals surface area contributed by atoms with Gasteiger partial charge in [0.2, 0.25) is 5.89 Å². The lowest BCUT2D eigenvalue weighted by atomic mass is 10.2. The van der Waals surface area contributed by atoms with Crippen molar-refractivity contribution in [3.05, 3.63) is 34.9 Å². The zero-order valence-corrected chi connectivity index (χ0v) is 16.8. The number of aromatic nitrogens is 2. The van der Waals surface area contributed by atoms with Crippen LogP contribution in [0, 0.1) is 0 Å². The summed E-state index contributed by atoms with van der Waals surface area (Å²) in [6.07, 6.45) is 0.533. The van der Waals surface area contributed by atoms with E-state index in [-0.39, 0.29) is 35.9 Å². The van der Waals surface area contributed by atoms with E-state index in [1.54, 1.807) is 25.3 Å². The predicted octanol–water partition coefficient (Wildman–Crippen LogP) is 3.44. The molecule has 0 spiro atoms. The van der Waals surface area contributed by atoms with Crippen LogP contribution in [0.2, 0.25) is 5.02 Å². The quantitative estimate of drug-likeness (QED) is 0.385. The topological polar surface area (TPSA) is 98.6 Å². The maximum atomic E-state index is 6.05. The Morgan fingerprint density at radius 3 is 2.79 bits per heavy atom. The molecule has 9 heteroatoms. The first-order valence-electron chi connectivity index (χ1n) is 7.22. The number of rotatable bonds is 6. The Morgan fingerprint density at radius 2 is 2.21 bits per heavy atom. The van der Waals surface area contributed by atoms with Crippen molar-refractivity contribution in [2.24, 2.45) is 10.7 Å². The molecule has 1 aromatic carbocycles. The largest absolute Gasteiger partial charge is 0.495 e. The Kier molecular flexibility index (Phi) is 8.26. The number of guanidine groups is 1. The highest BCUT2D eigenvalue weighted by atomic mass is 127. The van der Waals surface area contributed by atoms with Crippen molar-refractivity contribution in [3.8, 4) is 5.75 Å². The van der Waals surface area contributed by atoms with Gasteiger partial charge in [0.05, 0.1) is 18.7 Å². The van der Waals surface area contributed by atoms with Gasteiger partial charge in [-0.2, -0.15) is 4.98 Å². The smallest absolute Gasteiger partial charge is 0.228 e. The molecule has 0 bridgehead atoms. The van der Waals surface area contributed by atoms with E-state index in [1.807, 2.05) is 13.8 Å². The van der Waals surface area contributed by atoms with Gasteiger partial charge >= 0.3 is 0 Å². The normalized spacial score (nSPS) is 11.3. The van der Waals surface area contributed by atoms with Crippen LogP contribution in [0.5, 0.6) is 5.75 Å². The number of hydrogen-bond donors (Lipinski definition) is 2. The number of halogens is 2. The Balaban J connectivity index is 0.00000288. The highest BCUT2D eigenvalue weighted by Gasteiger charge is 2.09. The van der Waals surface area contributed by atoms with Crippen LogP contribution in [-0.4, -0.2) is 29.8 Å². The van der Waals surface area contributed by atoms with Gasteiger partial charge in [-0.05, 0) is 18.2 Å². The van der Waals surface area contributed by atoms with Crippen molar-refractivity contribution >= 4 is 47.2 Å². The molecule has 2 rings (SSSR count). The van der Waals surface area contributed by atoms with Crippen molar-refractivity contribution in [3.63, 3.8) is 0 Å². The highest BCUT2D eigenvalue weighted by molar-refractivity contribution is 14.0. The van der Waals surface area contributed by atoms with E-state index in [9.17, 15) is 0 Å². The summed E-state index contributed by atoms with van der Waals surface area (Å²) in [6.45, 7) is 4.46. The molecule has 0 saturated heterocycles. The number of ether oxygens (including phenoxy) is 1. The summed E-state index contributed by atoms with van der Waals surface area (Å²) in [5.74, 6) is 2.38. The van der Waals surface area contributed by atoms with E-state index >= 15 is 0 Å². The van der Waals surface area contributed by atoms with Gasteiger partial charge in [-0.3, -0.25) is 4.99 Å². The zero-order valence-electron chi connectivity index (χ0n) is 13.7. The van der Waals surface area contributed by atoms with Crippen LogP contribution < -0.4 is 15.8 Å². The average molecular weight is 466 g/mol. The maximum absolute atomic E-state index is 6.05. The molecule has 0 amide bonds. The second-order valence-electron chi connectivity index (χ2n) is 5.19. The Labute approximate surface area is 163 Å². The van der Waals surface area contributed by atoms with Crippen molar-refractivity contribution < 1.29 is 9.26 Å². The number of benzene rings is 1. The van der Waals surface area contributed by atoms with Gasteiger partial charge in [-0.15, -0.1) is 24.0 Å². The molecule has 0 aliphatic heterocycles. The monoisotopic (exact) mass is 465 g/mol. The van der Waals surface area contributed by atoms with Crippen LogP contribution in [0.4, 0.5) is 5.69 Å². The Morgan fingerprint density at radius 1 is 1.46 bits per heavy atom. The molecule has 0 unspecified atom stereocenters. The Bertz CT molecular complexity index is 690. The minimum Gasteiger partial charge on any atom is -0.495 e. The van der Waals surface area contributed by atoms with Crippen molar-refractivity contribution in [1.82, 2.24) is 10.1 Å². The molecular weight excluding hydrogens is 445 g/mol. The van der Waals surface area contributed by atoms with Crippen LogP contribution >= 0.6 is 35.6 Å². The summed E-state index contributed by atoms with van der Waals surface area (Å²) >= 11 is 6.05. The predicted molar refractivity (Wildman–Crippen MR) is 106 cm³/mol. The fourth-order valence-corrected chi connectivity index (χ4v) is 2.07. The fraction of sp³-hybridized carbons (Fsp3) is 0.400. The molecule has 0 atom stereocenters. The van der Waals surface area contributed by atoms with Gasteiger partial charge in [0, 0.05) is 18.0 Å². The number of hydrogen-bond acceptors (Lipinski definition) is 5. The third-order valence-corrected chi connectivity index (χ3v) is 3.33. The molecule has 1 aromatic heterocycles. The van der Waals surface area contributed by atoms with E-state index in [0.29, 0.717) is 35.5 Å². The summed E-state index contributed by atoms with van der Waals surface area (Å²) in [5, 5.41) is 7.36. The molecule has 1 heterocycles. The minimum atomic E-state index is 0. The number of anilines is 1. The molecule has 7 nitrogen and oxygen atoms in total. The van der Waals surface area contributed by atoms with Crippen molar-refractivity contribution in [2.75, 3.05) is 19.0 Å². The molecule has 0 aliphatic rings. The van der Waals surface area contributed by atoms with E-state index in [1.165, 1.54) is 0 Å². The third kappa shape index (κ3) is 5.82. The molecule has 2 aromatic rings. The first-order chi connectivity index (χ1) is 11.0. The van der Waals surface area contributed by atoms with Gasteiger partial charge in [0.25, 0.3) is 0 Å². The first-order valence-corrected chi connectivity index (χ1v) is 7.60. The van der Waals surface area contributed by atoms with Crippen molar-refractivity contribution in [2.45, 2.75) is 26.2 Å². The van der Waals surface area contributed by atoms with Gasteiger partial charge in [0.15, 0.2) is 11.8 Å². The van der Waals surface area contributed by atoms with E-state index in [4.69, 9.17) is 26.6 Å². The second kappa shape index (κ2) is 9.67. The Hall–Kier alpha value is -1.55. The van der Waals surface area contributed by atoms with Crippen LogP contribution in [0.25, 0.3) is 0 Å². The molecule has 0 radical (unpaired) electrons. The number of nitrogens with zero attached hydrogens (tertiary/aromatic N) is 3. The van der Waals surface area contributed by atoms with Crippen LogP contribution in [-0.2, 0) is 6.42 Å². The van der Waals surface area contributed by atoms with E-state index < -0.39 is 0 Å². The number of nitrogens with one attached hydrogen (secondary N) is 1. The molecule has 24 heavy (non-hydrogen) atoms. The lowest BCUT2D eigenvalue weighted by Crippen LogP contribution is -2.23. The number of methoxy groups -OCH3 is 1. The SMILES string of the molecule is COc1ccc(NC(N)=NCCc2nc(C(C)C)no2)cc1Cl.I. The van der Waals surface area contributed by atoms with Gasteiger partial charge in [-0.1, -0.05) is 30.6 Å². The standard InChI is InChI=1S/C15H20ClN5O2.HI/c1-9(2)14-20-13(23-21-14)6-7-18-15(17)19-10-4-5-12(22-3)11(16)8-10;/h4-5,8-9H,6-7H2,1-3H3,(H3,17,18,19);1H. The zero-order chi connectivity index (χ0) is 16.8. The summed E-state index contributed by atoms with van der Waals surface area (Å²) in [5.41, 5.74) is 6.58. The molecule has 0 saturated carbocycles.